The zero-order valence-electron chi connectivity index (χ0n) is 19.4. The van der Waals surface area contributed by atoms with E-state index in [0.717, 1.165) is 22.3 Å². The first-order chi connectivity index (χ1) is 16.2. The first-order valence-corrected chi connectivity index (χ1v) is 11.5. The van der Waals surface area contributed by atoms with E-state index < -0.39 is 29.7 Å². The van der Waals surface area contributed by atoms with Crippen LogP contribution in [0.3, 0.4) is 0 Å². The second kappa shape index (κ2) is 9.85. The average molecular weight is 467 g/mol. The summed E-state index contributed by atoms with van der Waals surface area (Å²) in [5, 5.41) is 14.5. The van der Waals surface area contributed by atoms with Crippen molar-refractivity contribution in [1.29, 1.82) is 0 Å². The summed E-state index contributed by atoms with van der Waals surface area (Å²) in [6, 6.07) is 15.7. The molecule has 3 N–H and O–H groups in total. The fraction of sp³-hybridized carbons (Fsp3) is 0.423. The molecule has 34 heavy (non-hydrogen) atoms. The second-order valence-corrected chi connectivity index (χ2v) is 9.42. The van der Waals surface area contributed by atoms with Crippen LogP contribution in [0.4, 0.5) is 4.79 Å². The summed E-state index contributed by atoms with van der Waals surface area (Å²) < 4.78 is 11.2. The van der Waals surface area contributed by atoms with E-state index in [1.807, 2.05) is 24.3 Å². The van der Waals surface area contributed by atoms with Gasteiger partial charge in [-0.3, -0.25) is 9.59 Å². The lowest BCUT2D eigenvalue weighted by molar-refractivity contribution is -0.138. The Morgan fingerprint density at radius 2 is 1.68 bits per heavy atom. The van der Waals surface area contributed by atoms with E-state index in [2.05, 4.69) is 34.9 Å². The number of nitrogens with one attached hydrogen (secondary N) is 2. The van der Waals surface area contributed by atoms with Crippen LogP contribution in [0, 0.1) is 0 Å². The van der Waals surface area contributed by atoms with Crippen molar-refractivity contribution in [1.82, 2.24) is 10.6 Å². The number of amides is 2. The van der Waals surface area contributed by atoms with Crippen molar-refractivity contribution in [2.24, 2.45) is 0 Å². The molecule has 0 radical (unpaired) electrons. The Bertz CT molecular complexity index is 1040. The predicted molar refractivity (Wildman–Crippen MR) is 125 cm³/mol. The minimum atomic E-state index is -0.922. The Balaban J connectivity index is 1.34. The first kappa shape index (κ1) is 23.8. The molecule has 1 heterocycles. The summed E-state index contributed by atoms with van der Waals surface area (Å²) in [7, 11) is 0. The highest BCUT2D eigenvalue weighted by Gasteiger charge is 2.38. The van der Waals surface area contributed by atoms with Gasteiger partial charge in [0, 0.05) is 24.5 Å². The van der Waals surface area contributed by atoms with Gasteiger partial charge >= 0.3 is 12.1 Å². The van der Waals surface area contributed by atoms with E-state index in [-0.39, 0.29) is 31.3 Å². The van der Waals surface area contributed by atoms with E-state index >= 15 is 0 Å². The number of fused-ring (bicyclic) bond motifs is 3. The van der Waals surface area contributed by atoms with Crippen molar-refractivity contribution in [2.45, 2.75) is 56.7 Å². The number of aliphatic carboxylic acids is 1. The predicted octanol–water partition coefficient (Wildman–Crippen LogP) is 3.44. The Morgan fingerprint density at radius 3 is 2.29 bits per heavy atom. The number of benzene rings is 2. The van der Waals surface area contributed by atoms with Gasteiger partial charge in [-0.25, -0.2) is 4.79 Å². The molecule has 8 nitrogen and oxygen atoms in total. The third kappa shape index (κ3) is 5.22. The van der Waals surface area contributed by atoms with E-state index in [9.17, 15) is 14.4 Å². The van der Waals surface area contributed by atoms with Gasteiger partial charge < -0.3 is 25.2 Å². The van der Waals surface area contributed by atoms with E-state index in [4.69, 9.17) is 14.6 Å². The first-order valence-electron chi connectivity index (χ1n) is 11.5. The number of carboxylic acids is 1. The maximum absolute atomic E-state index is 12.8. The highest BCUT2D eigenvalue weighted by Crippen LogP contribution is 2.44. The summed E-state index contributed by atoms with van der Waals surface area (Å²) in [6.45, 7) is 4.04. The highest BCUT2D eigenvalue weighted by atomic mass is 16.6. The molecule has 8 heteroatoms. The number of carboxylic acid groups (broad SMARTS) is 1. The van der Waals surface area contributed by atoms with Crippen LogP contribution in [-0.4, -0.2) is 54.0 Å². The smallest absolute Gasteiger partial charge is 0.407 e. The SMILES string of the molecule is CC(C)(CCC(=O)O)NC(=O)[C@@H]1OCC[C@@H]1NC(=O)OCC1c2ccccc2-c2ccccc21. The molecule has 0 spiro atoms. The summed E-state index contributed by atoms with van der Waals surface area (Å²) in [5.74, 6) is -1.35. The lowest BCUT2D eigenvalue weighted by atomic mass is 9.97. The largest absolute Gasteiger partial charge is 0.481 e. The maximum Gasteiger partial charge on any atom is 0.407 e. The van der Waals surface area contributed by atoms with Crippen LogP contribution in [0.1, 0.15) is 50.2 Å². The van der Waals surface area contributed by atoms with E-state index in [1.54, 1.807) is 13.8 Å². The van der Waals surface area contributed by atoms with Gasteiger partial charge in [-0.05, 0) is 48.9 Å². The van der Waals surface area contributed by atoms with Crippen LogP contribution in [-0.2, 0) is 19.1 Å². The molecule has 1 saturated heterocycles. The quantitative estimate of drug-likeness (QED) is 0.549. The number of ether oxygens (including phenoxy) is 2. The zero-order chi connectivity index (χ0) is 24.3. The third-order valence-corrected chi connectivity index (χ3v) is 6.42. The third-order valence-electron chi connectivity index (χ3n) is 6.42. The number of alkyl carbamates (subject to hydrolysis) is 1. The number of carbonyl (C=O) groups is 3. The Hall–Kier alpha value is -3.39. The lowest BCUT2D eigenvalue weighted by Gasteiger charge is -2.28. The molecule has 1 aliphatic carbocycles. The number of carbonyl (C=O) groups excluding carboxylic acids is 2. The molecule has 0 bridgehead atoms. The van der Waals surface area contributed by atoms with Gasteiger partial charge in [0.2, 0.25) is 0 Å². The van der Waals surface area contributed by atoms with E-state index in [1.165, 1.54) is 0 Å². The van der Waals surface area contributed by atoms with Gasteiger partial charge in [0.05, 0.1) is 6.04 Å². The Kier molecular flexibility index (Phi) is 6.88. The van der Waals surface area contributed by atoms with Crippen molar-refractivity contribution >= 4 is 18.0 Å². The minimum absolute atomic E-state index is 0.0490. The molecule has 1 fully saturated rings. The molecule has 2 aliphatic rings. The molecule has 0 saturated carbocycles. The molecule has 2 aromatic rings. The normalized spacial score (nSPS) is 19.2. The number of rotatable bonds is 8. The molecule has 4 rings (SSSR count). The van der Waals surface area contributed by atoms with Crippen molar-refractivity contribution in [3.8, 4) is 11.1 Å². The molecule has 0 aromatic heterocycles. The molecule has 2 amide bonds. The minimum Gasteiger partial charge on any atom is -0.481 e. The van der Waals surface area contributed by atoms with E-state index in [0.29, 0.717) is 13.0 Å². The van der Waals surface area contributed by atoms with Crippen molar-refractivity contribution in [3.05, 3.63) is 59.7 Å². The van der Waals surface area contributed by atoms with Gasteiger partial charge in [-0.15, -0.1) is 0 Å². The molecule has 2 aromatic carbocycles. The van der Waals surface area contributed by atoms with Crippen LogP contribution >= 0.6 is 0 Å². The van der Waals surface area contributed by atoms with Gasteiger partial charge in [-0.1, -0.05) is 48.5 Å². The van der Waals surface area contributed by atoms with Crippen LogP contribution < -0.4 is 10.6 Å². The van der Waals surface area contributed by atoms with Crippen molar-refractivity contribution < 1.29 is 29.0 Å². The van der Waals surface area contributed by atoms with Crippen LogP contribution in [0.15, 0.2) is 48.5 Å². The molecule has 1 aliphatic heterocycles. The number of hydrogen-bond donors (Lipinski definition) is 3. The average Bonchev–Trinajstić information content (AvgIpc) is 3.39. The Morgan fingerprint density at radius 1 is 1.06 bits per heavy atom. The standard InChI is InChI=1S/C26H30N2O6/c1-26(2,13-11-22(29)30)28-24(31)23-21(12-14-33-23)27-25(32)34-15-20-18-9-5-3-7-16(18)17-8-4-6-10-19(17)20/h3-10,20-21,23H,11-15H2,1-2H3,(H,27,32)(H,28,31)(H,29,30)/t21-,23+/m0/s1. The summed E-state index contributed by atoms with van der Waals surface area (Å²) in [6.07, 6.45) is -0.742. The molecular formula is C26H30N2O6. The second-order valence-electron chi connectivity index (χ2n) is 9.42. The van der Waals surface area contributed by atoms with Crippen LogP contribution in [0.2, 0.25) is 0 Å². The lowest BCUT2D eigenvalue weighted by Crippen LogP contribution is -2.53. The highest BCUT2D eigenvalue weighted by molar-refractivity contribution is 5.83. The molecule has 0 unspecified atom stereocenters. The topological polar surface area (TPSA) is 114 Å². The molecular weight excluding hydrogens is 436 g/mol. The molecule has 180 valence electrons. The van der Waals surface area contributed by atoms with Crippen LogP contribution in [0.25, 0.3) is 11.1 Å². The molecule has 2 atom stereocenters. The van der Waals surface area contributed by atoms with Gasteiger partial charge in [0.15, 0.2) is 6.10 Å². The Labute approximate surface area is 198 Å². The fourth-order valence-corrected chi connectivity index (χ4v) is 4.67. The summed E-state index contributed by atoms with van der Waals surface area (Å²) in [5.41, 5.74) is 3.84. The number of hydrogen-bond acceptors (Lipinski definition) is 5. The maximum atomic E-state index is 12.8. The summed E-state index contributed by atoms with van der Waals surface area (Å²) >= 11 is 0. The van der Waals surface area contributed by atoms with Gasteiger partial charge in [0.25, 0.3) is 5.91 Å². The van der Waals surface area contributed by atoms with Crippen molar-refractivity contribution in [3.63, 3.8) is 0 Å². The van der Waals surface area contributed by atoms with Gasteiger partial charge in [0.1, 0.15) is 6.61 Å². The van der Waals surface area contributed by atoms with Crippen molar-refractivity contribution in [2.75, 3.05) is 13.2 Å². The summed E-state index contributed by atoms with van der Waals surface area (Å²) in [4.78, 5) is 36.2. The fourth-order valence-electron chi connectivity index (χ4n) is 4.67. The van der Waals surface area contributed by atoms with Gasteiger partial charge in [-0.2, -0.15) is 0 Å². The zero-order valence-corrected chi connectivity index (χ0v) is 19.4. The van der Waals surface area contributed by atoms with Crippen LogP contribution in [0.5, 0.6) is 0 Å². The monoisotopic (exact) mass is 466 g/mol.